The first kappa shape index (κ1) is 21.5. The fourth-order valence-electron chi connectivity index (χ4n) is 3.00. The summed E-state index contributed by atoms with van der Waals surface area (Å²) in [5, 5.41) is 0.0509. The van der Waals surface area contributed by atoms with E-state index < -0.39 is 21.8 Å². The van der Waals surface area contributed by atoms with Crippen LogP contribution in [0, 0.1) is 5.82 Å². The lowest BCUT2D eigenvalue weighted by molar-refractivity contribution is 0.0448. The molecular formula is C20H21ClFNO5S. The van der Waals surface area contributed by atoms with Crippen LogP contribution in [0.3, 0.4) is 0 Å². The summed E-state index contributed by atoms with van der Waals surface area (Å²) in [4.78, 5) is 12.2. The van der Waals surface area contributed by atoms with Crippen molar-refractivity contribution < 1.29 is 27.1 Å². The highest BCUT2D eigenvalue weighted by molar-refractivity contribution is 7.89. The molecular weight excluding hydrogens is 421 g/mol. The van der Waals surface area contributed by atoms with Crippen molar-refractivity contribution in [2.24, 2.45) is 0 Å². The van der Waals surface area contributed by atoms with Crippen LogP contribution in [0.25, 0.3) is 0 Å². The SMILES string of the molecule is O=C(OCCOc1ccccc1F)c1ccc(Cl)c(S(=O)(=O)N2CCCCC2)c1. The summed E-state index contributed by atoms with van der Waals surface area (Å²) in [6.07, 6.45) is 2.57. The number of rotatable bonds is 7. The monoisotopic (exact) mass is 441 g/mol. The molecule has 0 bridgehead atoms. The summed E-state index contributed by atoms with van der Waals surface area (Å²) in [5.74, 6) is -1.16. The van der Waals surface area contributed by atoms with Gasteiger partial charge in [0.2, 0.25) is 10.0 Å². The Bertz CT molecular complexity index is 977. The number of nitrogens with zero attached hydrogens (tertiary/aromatic N) is 1. The normalized spacial score (nSPS) is 15.1. The second-order valence-electron chi connectivity index (χ2n) is 6.52. The minimum absolute atomic E-state index is 0.0425. The molecule has 2 aromatic carbocycles. The predicted molar refractivity (Wildman–Crippen MR) is 106 cm³/mol. The lowest BCUT2D eigenvalue weighted by Crippen LogP contribution is -2.35. The standard InChI is InChI=1S/C20H21ClFNO5S/c21-16-9-8-15(14-19(16)29(25,26)23-10-4-1-5-11-23)20(24)28-13-12-27-18-7-3-2-6-17(18)22/h2-3,6-9,14H,1,4-5,10-13H2. The largest absolute Gasteiger partial charge is 0.487 e. The van der Waals surface area contributed by atoms with Crippen molar-refractivity contribution in [1.29, 1.82) is 0 Å². The third kappa shape index (κ3) is 5.26. The molecule has 0 atom stereocenters. The van der Waals surface area contributed by atoms with Gasteiger partial charge in [0.05, 0.1) is 10.6 Å². The predicted octanol–water partition coefficient (Wildman–Crippen LogP) is 3.89. The molecule has 0 aromatic heterocycles. The fraction of sp³-hybridized carbons (Fsp3) is 0.350. The van der Waals surface area contributed by atoms with Crippen molar-refractivity contribution >= 4 is 27.6 Å². The minimum atomic E-state index is -3.79. The van der Waals surface area contributed by atoms with E-state index >= 15 is 0 Å². The van der Waals surface area contributed by atoms with Gasteiger partial charge in [0.25, 0.3) is 0 Å². The van der Waals surface area contributed by atoms with Crippen molar-refractivity contribution in [3.63, 3.8) is 0 Å². The number of carbonyl (C=O) groups excluding carboxylic acids is 1. The molecule has 29 heavy (non-hydrogen) atoms. The van der Waals surface area contributed by atoms with E-state index in [4.69, 9.17) is 21.1 Å². The van der Waals surface area contributed by atoms with E-state index in [-0.39, 0.29) is 34.4 Å². The number of hydrogen-bond donors (Lipinski definition) is 0. The van der Waals surface area contributed by atoms with Gasteiger partial charge in [-0.25, -0.2) is 17.6 Å². The third-order valence-electron chi connectivity index (χ3n) is 4.51. The molecule has 1 fully saturated rings. The molecule has 2 aromatic rings. The van der Waals surface area contributed by atoms with Gasteiger partial charge in [-0.2, -0.15) is 4.31 Å². The molecule has 156 valence electrons. The number of piperidine rings is 1. The first-order valence-corrected chi connectivity index (χ1v) is 11.1. The number of ether oxygens (including phenoxy) is 2. The summed E-state index contributed by atoms with van der Waals surface area (Å²) in [7, 11) is -3.79. The molecule has 0 spiro atoms. The van der Waals surface area contributed by atoms with Crippen LogP contribution in [0.15, 0.2) is 47.4 Å². The Morgan fingerprint density at radius 3 is 2.52 bits per heavy atom. The zero-order valence-corrected chi connectivity index (χ0v) is 17.2. The molecule has 0 saturated carbocycles. The first-order valence-electron chi connectivity index (χ1n) is 9.24. The Kier molecular flexibility index (Phi) is 7.10. The molecule has 6 nitrogen and oxygen atoms in total. The van der Waals surface area contributed by atoms with Crippen LogP contribution in [0.1, 0.15) is 29.6 Å². The van der Waals surface area contributed by atoms with Gasteiger partial charge >= 0.3 is 5.97 Å². The van der Waals surface area contributed by atoms with Crippen LogP contribution >= 0.6 is 11.6 Å². The summed E-state index contributed by atoms with van der Waals surface area (Å²) in [5.41, 5.74) is 0.0656. The molecule has 0 N–H and O–H groups in total. The van der Waals surface area contributed by atoms with Crippen molar-refractivity contribution in [2.75, 3.05) is 26.3 Å². The summed E-state index contributed by atoms with van der Waals surface area (Å²) < 4.78 is 50.9. The molecule has 0 radical (unpaired) electrons. The molecule has 1 saturated heterocycles. The maximum atomic E-state index is 13.5. The number of carbonyl (C=O) groups is 1. The van der Waals surface area contributed by atoms with Crippen LogP contribution in [0.4, 0.5) is 4.39 Å². The number of halogens is 2. The second kappa shape index (κ2) is 9.56. The van der Waals surface area contributed by atoms with E-state index in [1.54, 1.807) is 6.07 Å². The fourth-order valence-corrected chi connectivity index (χ4v) is 5.02. The highest BCUT2D eigenvalue weighted by Crippen LogP contribution is 2.28. The van der Waals surface area contributed by atoms with E-state index in [1.807, 2.05) is 0 Å². The number of benzene rings is 2. The first-order chi connectivity index (χ1) is 13.9. The van der Waals surface area contributed by atoms with Crippen LogP contribution in [0.5, 0.6) is 5.75 Å². The van der Waals surface area contributed by atoms with Crippen molar-refractivity contribution in [2.45, 2.75) is 24.2 Å². The topological polar surface area (TPSA) is 72.9 Å². The average molecular weight is 442 g/mol. The molecule has 0 aliphatic carbocycles. The average Bonchev–Trinajstić information content (AvgIpc) is 2.73. The van der Waals surface area contributed by atoms with E-state index in [0.717, 1.165) is 19.3 Å². The van der Waals surface area contributed by atoms with Gasteiger partial charge in [-0.15, -0.1) is 0 Å². The summed E-state index contributed by atoms with van der Waals surface area (Å²) in [6.45, 7) is 0.699. The van der Waals surface area contributed by atoms with Crippen LogP contribution in [-0.4, -0.2) is 45.0 Å². The maximum Gasteiger partial charge on any atom is 0.338 e. The van der Waals surface area contributed by atoms with Gasteiger partial charge in [-0.05, 0) is 43.2 Å². The molecule has 0 unspecified atom stereocenters. The van der Waals surface area contributed by atoms with Gasteiger partial charge < -0.3 is 9.47 Å². The molecule has 9 heteroatoms. The lowest BCUT2D eigenvalue weighted by atomic mass is 10.2. The van der Waals surface area contributed by atoms with E-state index in [2.05, 4.69) is 0 Å². The summed E-state index contributed by atoms with van der Waals surface area (Å²) >= 11 is 6.10. The highest BCUT2D eigenvalue weighted by Gasteiger charge is 2.29. The quantitative estimate of drug-likeness (QED) is 0.481. The van der Waals surface area contributed by atoms with Crippen LogP contribution in [0.2, 0.25) is 5.02 Å². The van der Waals surface area contributed by atoms with Crippen molar-refractivity contribution in [3.8, 4) is 5.75 Å². The summed E-state index contributed by atoms with van der Waals surface area (Å²) in [6, 6.07) is 9.89. The Balaban J connectivity index is 1.64. The van der Waals surface area contributed by atoms with Crippen molar-refractivity contribution in [3.05, 3.63) is 58.9 Å². The van der Waals surface area contributed by atoms with Gasteiger partial charge in [0.15, 0.2) is 11.6 Å². The number of sulfonamides is 1. The Hall–Kier alpha value is -2.16. The molecule has 1 aliphatic rings. The Morgan fingerprint density at radius 2 is 1.79 bits per heavy atom. The second-order valence-corrected chi connectivity index (χ2v) is 8.84. The number of esters is 1. The number of hydrogen-bond acceptors (Lipinski definition) is 5. The van der Waals surface area contributed by atoms with Gasteiger partial charge in [0.1, 0.15) is 18.1 Å². The van der Waals surface area contributed by atoms with Gasteiger partial charge in [-0.1, -0.05) is 30.2 Å². The smallest absolute Gasteiger partial charge is 0.338 e. The van der Waals surface area contributed by atoms with Crippen LogP contribution in [-0.2, 0) is 14.8 Å². The number of para-hydroxylation sites is 1. The zero-order valence-electron chi connectivity index (χ0n) is 15.6. The van der Waals surface area contributed by atoms with Crippen LogP contribution < -0.4 is 4.74 Å². The maximum absolute atomic E-state index is 13.5. The molecule has 1 aliphatic heterocycles. The van der Waals surface area contributed by atoms with E-state index in [1.165, 1.54) is 40.7 Å². The molecule has 1 heterocycles. The van der Waals surface area contributed by atoms with E-state index in [0.29, 0.717) is 13.1 Å². The van der Waals surface area contributed by atoms with Gasteiger partial charge in [-0.3, -0.25) is 0 Å². The lowest BCUT2D eigenvalue weighted by Gasteiger charge is -2.26. The van der Waals surface area contributed by atoms with E-state index in [9.17, 15) is 17.6 Å². The third-order valence-corrected chi connectivity index (χ3v) is 6.89. The van der Waals surface area contributed by atoms with Gasteiger partial charge in [0, 0.05) is 13.1 Å². The van der Waals surface area contributed by atoms with Crippen molar-refractivity contribution in [1.82, 2.24) is 4.31 Å². The Morgan fingerprint density at radius 1 is 1.07 bits per heavy atom. The molecule has 0 amide bonds. The molecule has 3 rings (SSSR count). The zero-order chi connectivity index (χ0) is 20.9. The Labute approximate surface area is 174 Å². The highest BCUT2D eigenvalue weighted by atomic mass is 35.5. The minimum Gasteiger partial charge on any atom is -0.487 e.